The zero-order valence-corrected chi connectivity index (χ0v) is 35.4. The van der Waals surface area contributed by atoms with Crippen LogP contribution in [0.5, 0.6) is 0 Å². The molecule has 4 heterocycles. The molecule has 0 radical (unpaired) electrons. The number of alkyl halides is 6. The van der Waals surface area contributed by atoms with E-state index in [-0.39, 0.29) is 80.7 Å². The molecule has 0 bridgehead atoms. The molecule has 2 aromatic heterocycles. The van der Waals surface area contributed by atoms with E-state index in [1.807, 2.05) is 18.0 Å². The monoisotopic (exact) mass is 960 g/mol. The van der Waals surface area contributed by atoms with Crippen LogP contribution >= 0.6 is 12.2 Å². The quantitative estimate of drug-likeness (QED) is 0.0167. The summed E-state index contributed by atoms with van der Waals surface area (Å²) in [6, 6.07) is 9.69. The van der Waals surface area contributed by atoms with Gasteiger partial charge in [0, 0.05) is 45.6 Å². The number of halogens is 6. The predicted octanol–water partition coefficient (Wildman–Crippen LogP) is 10.2. The Bertz CT molecular complexity index is 2710. The first-order chi connectivity index (χ1) is 29.2. The van der Waals surface area contributed by atoms with Gasteiger partial charge in [0.25, 0.3) is 17.6 Å². The zero-order chi connectivity index (χ0) is 45.6. The molecule has 332 valence electrons. The standard InChI is InChI=1S/2C17H14F3N8O2S.Ni/c1-21-14-15(22-2)28(4)16(23-14)25-24-11-8-10-6-5-7-27(3)13(10)9-12(11)26-31(29,30)17(18,19)20;1-27-5-3-4-10-6-11(12(7-14(10)27)26-31-30-29-17(18,19)20)24-25-16-23-13(8-21)15(9-22)28(16)2;/h8-9H,5-7H2,3-4H3;6-7H,3-5H2,1-2H3;/q2*-1;+2. The number of fused-ring (bicyclic) bond motifs is 2. The Morgan fingerprint density at radius 2 is 1.35 bits per heavy atom. The minimum Gasteiger partial charge on any atom is -0.603 e. The Balaban J connectivity index is 0.000000272. The second-order valence-electron chi connectivity index (χ2n) is 12.9. The van der Waals surface area contributed by atoms with Crippen LogP contribution in [-0.4, -0.2) is 66.6 Å². The van der Waals surface area contributed by atoms with Crippen molar-refractivity contribution < 1.29 is 60.5 Å². The Morgan fingerprint density at radius 3 is 1.81 bits per heavy atom. The first-order valence-electron chi connectivity index (χ1n) is 17.3. The van der Waals surface area contributed by atoms with Gasteiger partial charge < -0.3 is 33.5 Å². The molecule has 0 aliphatic carbocycles. The maximum absolute atomic E-state index is 12.9. The van der Waals surface area contributed by atoms with E-state index in [2.05, 4.69) is 58.8 Å². The second-order valence-corrected chi connectivity index (χ2v) is 15.0. The number of nitriles is 2. The molecule has 0 amide bonds. The van der Waals surface area contributed by atoms with Gasteiger partial charge in [-0.3, -0.25) is 0 Å². The maximum Gasteiger partial charge on any atom is 2.00 e. The topological polar surface area (TPSA) is 229 Å². The summed E-state index contributed by atoms with van der Waals surface area (Å²) in [6.45, 7) is 15.6. The summed E-state index contributed by atoms with van der Waals surface area (Å²) in [5, 5.41) is 34.0. The van der Waals surface area contributed by atoms with Gasteiger partial charge in [-0.05, 0) is 48.9 Å². The van der Waals surface area contributed by atoms with Gasteiger partial charge in [0.2, 0.25) is 0 Å². The summed E-state index contributed by atoms with van der Waals surface area (Å²) in [6.07, 6.45) is -1.86. The average molecular weight is 962 g/mol. The zero-order valence-electron chi connectivity index (χ0n) is 32.7. The van der Waals surface area contributed by atoms with Crippen molar-refractivity contribution in [2.45, 2.75) is 37.6 Å². The van der Waals surface area contributed by atoms with Gasteiger partial charge in [-0.25, -0.2) is 13.0 Å². The van der Waals surface area contributed by atoms with Crippen molar-refractivity contribution in [1.29, 1.82) is 10.5 Å². The van der Waals surface area contributed by atoms with Gasteiger partial charge in [-0.2, -0.15) is 33.0 Å². The largest absolute Gasteiger partial charge is 2.00 e. The third kappa shape index (κ3) is 11.5. The predicted molar refractivity (Wildman–Crippen MR) is 210 cm³/mol. The van der Waals surface area contributed by atoms with E-state index in [0.29, 0.717) is 18.7 Å². The van der Waals surface area contributed by atoms with E-state index in [9.17, 15) is 34.8 Å². The van der Waals surface area contributed by atoms with Crippen molar-refractivity contribution >= 4 is 79.9 Å². The number of nitrogens with zero attached hydrogens (tertiary/aromatic N) is 16. The van der Waals surface area contributed by atoms with Gasteiger partial charge >= 0.3 is 34.3 Å². The first-order valence-corrected chi connectivity index (χ1v) is 19.5. The Hall–Kier alpha value is -6.49. The molecular formula is C34H28F6N16NiO4S2. The molecule has 0 saturated heterocycles. The Labute approximate surface area is 369 Å². The summed E-state index contributed by atoms with van der Waals surface area (Å²) in [4.78, 5) is 21.1. The van der Waals surface area contributed by atoms with Crippen LogP contribution in [0.1, 0.15) is 35.4 Å². The summed E-state index contributed by atoms with van der Waals surface area (Å²) < 4.78 is 111. The second kappa shape index (κ2) is 20.1. The third-order valence-electron chi connectivity index (χ3n) is 8.87. The normalized spacial score (nSPS) is 13.7. The molecule has 63 heavy (non-hydrogen) atoms. The van der Waals surface area contributed by atoms with E-state index in [1.54, 1.807) is 30.1 Å². The third-order valence-corrected chi connectivity index (χ3v) is 10.3. The minimum atomic E-state index is -5.81. The number of imidazole rings is 2. The van der Waals surface area contributed by atoms with Gasteiger partial charge in [0.15, 0.2) is 21.4 Å². The number of benzene rings is 2. The molecule has 2 aromatic carbocycles. The molecule has 0 atom stereocenters. The molecule has 20 nitrogen and oxygen atoms in total. The Kier molecular flexibility index (Phi) is 15.7. The Morgan fingerprint density at radius 1 is 0.810 bits per heavy atom. The fraction of sp³-hybridized carbons (Fsp3) is 0.353. The van der Waals surface area contributed by atoms with Crippen molar-refractivity contribution in [3.8, 4) is 12.1 Å². The number of rotatable bonds is 10. The van der Waals surface area contributed by atoms with E-state index < -0.39 is 27.6 Å². The van der Waals surface area contributed by atoms with Gasteiger partial charge in [-0.1, -0.05) is 59.0 Å². The fourth-order valence-electron chi connectivity index (χ4n) is 5.91. The number of anilines is 2. The van der Waals surface area contributed by atoms with Crippen molar-refractivity contribution in [3.05, 3.63) is 79.1 Å². The number of hydrogen-bond donors (Lipinski definition) is 0. The van der Waals surface area contributed by atoms with Crippen LogP contribution in [0.25, 0.3) is 19.1 Å². The number of hydrogen-bond acceptors (Lipinski definition) is 15. The van der Waals surface area contributed by atoms with Crippen molar-refractivity contribution in [3.63, 3.8) is 0 Å². The molecule has 6 rings (SSSR count). The van der Waals surface area contributed by atoms with E-state index in [4.69, 9.17) is 23.7 Å². The first kappa shape index (κ1) is 49.2. The molecule has 0 saturated carbocycles. The summed E-state index contributed by atoms with van der Waals surface area (Å²) >= 11 is 0.0936. The van der Waals surface area contributed by atoms with Crippen LogP contribution in [0, 0.1) is 35.8 Å². The molecule has 0 spiro atoms. The molecule has 2 aliphatic heterocycles. The molecular weight excluding hydrogens is 933 g/mol. The van der Waals surface area contributed by atoms with Crippen LogP contribution in [-0.2, 0) is 62.7 Å². The van der Waals surface area contributed by atoms with Crippen molar-refractivity contribution in [1.82, 2.24) is 19.1 Å². The van der Waals surface area contributed by atoms with Crippen molar-refractivity contribution in [2.24, 2.45) is 34.6 Å². The van der Waals surface area contributed by atoms with E-state index >= 15 is 0 Å². The summed E-state index contributed by atoms with van der Waals surface area (Å²) in [5.74, 6) is -0.418. The number of azo groups is 2. The molecule has 0 N–H and O–H groups in total. The number of sulfonamides is 1. The smallest absolute Gasteiger partial charge is 0.603 e. The average Bonchev–Trinajstić information content (AvgIpc) is 3.70. The fourth-order valence-corrected chi connectivity index (χ4v) is 6.79. The minimum absolute atomic E-state index is 0. The van der Waals surface area contributed by atoms with Crippen LogP contribution in [0.3, 0.4) is 0 Å². The number of aryl methyl sites for hydroxylation is 2. The molecule has 4 aromatic rings. The van der Waals surface area contributed by atoms with Crippen LogP contribution in [0.15, 0.2) is 44.7 Å². The molecule has 0 unspecified atom stereocenters. The summed E-state index contributed by atoms with van der Waals surface area (Å²) in [7, 11) is 0.731. The van der Waals surface area contributed by atoms with E-state index in [1.165, 1.54) is 35.4 Å². The van der Waals surface area contributed by atoms with Crippen molar-refractivity contribution in [2.75, 3.05) is 37.0 Å². The molecule has 2 aliphatic rings. The maximum atomic E-state index is 12.9. The van der Waals surface area contributed by atoms with Gasteiger partial charge in [0.1, 0.15) is 12.1 Å². The van der Waals surface area contributed by atoms with E-state index in [0.717, 1.165) is 42.6 Å². The van der Waals surface area contributed by atoms with Crippen LogP contribution in [0.4, 0.5) is 84.0 Å². The molecule has 29 heteroatoms. The van der Waals surface area contributed by atoms with Crippen LogP contribution in [0.2, 0.25) is 0 Å². The SMILES string of the molecule is CN1CCCc2cc(N=Nc3nc(C#N)c(C#N)n3C)c([N-]SOOC(F)(F)F)cc21.[C-]#[N+]c1nc(N=Nc2cc3c(cc2[N-]S(=O)(=O)C(F)(F)F)N(C)CCC3)n(C)c1[N+]#[C-].[Ni+2]. The van der Waals surface area contributed by atoms with Crippen LogP contribution < -0.4 is 9.80 Å². The molecule has 0 fully saturated rings. The van der Waals surface area contributed by atoms with Gasteiger partial charge in [0.05, 0.1) is 18.4 Å². The number of aromatic nitrogens is 4. The summed E-state index contributed by atoms with van der Waals surface area (Å²) in [5.41, 5.74) is -2.81. The van der Waals surface area contributed by atoms with Gasteiger partial charge in [-0.15, -0.1) is 33.4 Å².